The number of ether oxygens (including phenoxy) is 1. The minimum absolute atomic E-state index is 0.00799. The Morgan fingerprint density at radius 1 is 1.29 bits per heavy atom. The standard InChI is InChI=1S/C18H11ClN4O5/c19-12-8-11(16(28-7-6-20)15(10-12)23(26)27)9-14-17(24)21-22(18(14)25)13-4-2-1-3-5-13/h1-5,8-10H,7H2,(H,21,24)/b14-9-. The van der Waals surface area contributed by atoms with Gasteiger partial charge in [-0.1, -0.05) is 29.8 Å². The van der Waals surface area contributed by atoms with Crippen molar-refractivity contribution in [3.8, 4) is 11.8 Å². The molecule has 28 heavy (non-hydrogen) atoms. The van der Waals surface area contributed by atoms with Crippen molar-refractivity contribution in [2.24, 2.45) is 0 Å². The molecule has 1 aliphatic heterocycles. The number of hydrazine groups is 1. The van der Waals surface area contributed by atoms with E-state index in [4.69, 9.17) is 21.6 Å². The van der Waals surface area contributed by atoms with Gasteiger partial charge in [-0.3, -0.25) is 25.1 Å². The van der Waals surface area contributed by atoms with Gasteiger partial charge in [-0.2, -0.15) is 5.26 Å². The number of nitro benzene ring substituents is 1. The zero-order chi connectivity index (χ0) is 20.3. The number of para-hydroxylation sites is 1. The first-order valence-corrected chi connectivity index (χ1v) is 8.20. The number of nitro groups is 1. The van der Waals surface area contributed by atoms with Crippen LogP contribution in [0.1, 0.15) is 5.56 Å². The highest BCUT2D eigenvalue weighted by Gasteiger charge is 2.35. The highest BCUT2D eigenvalue weighted by molar-refractivity contribution is 6.32. The highest BCUT2D eigenvalue weighted by atomic mass is 35.5. The van der Waals surface area contributed by atoms with Crippen molar-refractivity contribution >= 4 is 40.9 Å². The summed E-state index contributed by atoms with van der Waals surface area (Å²) < 4.78 is 5.16. The molecule has 0 bridgehead atoms. The molecule has 1 heterocycles. The molecule has 2 aromatic carbocycles. The second kappa shape index (κ2) is 7.77. The van der Waals surface area contributed by atoms with Gasteiger partial charge < -0.3 is 4.74 Å². The molecule has 1 N–H and O–H groups in total. The van der Waals surface area contributed by atoms with E-state index in [2.05, 4.69) is 5.43 Å². The Morgan fingerprint density at radius 3 is 2.64 bits per heavy atom. The van der Waals surface area contributed by atoms with E-state index >= 15 is 0 Å². The number of hydrogen-bond acceptors (Lipinski definition) is 6. The third-order valence-electron chi connectivity index (χ3n) is 3.75. The van der Waals surface area contributed by atoms with E-state index in [1.54, 1.807) is 36.4 Å². The van der Waals surface area contributed by atoms with Crippen LogP contribution in [0, 0.1) is 21.4 Å². The van der Waals surface area contributed by atoms with Crippen LogP contribution in [0.2, 0.25) is 5.02 Å². The Labute approximate surface area is 163 Å². The van der Waals surface area contributed by atoms with Gasteiger partial charge in [-0.05, 0) is 24.3 Å². The number of halogens is 1. The Hall–Kier alpha value is -3.90. The molecule has 3 rings (SSSR count). The van der Waals surface area contributed by atoms with Crippen LogP contribution in [0.25, 0.3) is 6.08 Å². The number of nitrogens with one attached hydrogen (secondary N) is 1. The Bertz CT molecular complexity index is 1050. The van der Waals surface area contributed by atoms with Gasteiger partial charge >= 0.3 is 5.69 Å². The molecular formula is C18H11ClN4O5. The number of anilines is 1. The van der Waals surface area contributed by atoms with Crippen molar-refractivity contribution in [1.82, 2.24) is 5.43 Å². The second-order valence-electron chi connectivity index (χ2n) is 5.52. The maximum Gasteiger partial charge on any atom is 0.313 e. The van der Waals surface area contributed by atoms with Crippen LogP contribution in [0.3, 0.4) is 0 Å². The first-order valence-electron chi connectivity index (χ1n) is 7.82. The summed E-state index contributed by atoms with van der Waals surface area (Å²) in [5, 5.41) is 21.1. The van der Waals surface area contributed by atoms with Crippen molar-refractivity contribution in [2.45, 2.75) is 0 Å². The topological polar surface area (TPSA) is 126 Å². The lowest BCUT2D eigenvalue weighted by atomic mass is 10.1. The van der Waals surface area contributed by atoms with Crippen LogP contribution in [0.15, 0.2) is 48.0 Å². The molecule has 2 amide bonds. The van der Waals surface area contributed by atoms with Crippen LogP contribution in [-0.4, -0.2) is 23.3 Å². The number of nitriles is 1. The molecule has 0 unspecified atom stereocenters. The highest BCUT2D eigenvalue weighted by Crippen LogP contribution is 2.36. The van der Waals surface area contributed by atoms with Crippen LogP contribution < -0.4 is 15.2 Å². The third-order valence-corrected chi connectivity index (χ3v) is 3.96. The van der Waals surface area contributed by atoms with E-state index in [1.807, 2.05) is 0 Å². The van der Waals surface area contributed by atoms with Gasteiger partial charge in [0.1, 0.15) is 11.6 Å². The Morgan fingerprint density at radius 2 is 2.00 bits per heavy atom. The number of rotatable bonds is 5. The number of nitrogens with zero attached hydrogens (tertiary/aromatic N) is 3. The van der Waals surface area contributed by atoms with Gasteiger partial charge in [0.25, 0.3) is 11.8 Å². The summed E-state index contributed by atoms with van der Waals surface area (Å²) in [6.45, 7) is -0.463. The van der Waals surface area contributed by atoms with Crippen molar-refractivity contribution in [2.75, 3.05) is 11.6 Å². The number of hydrogen-bond donors (Lipinski definition) is 1. The van der Waals surface area contributed by atoms with Crippen LogP contribution in [-0.2, 0) is 9.59 Å². The zero-order valence-corrected chi connectivity index (χ0v) is 14.8. The Balaban J connectivity index is 2.07. The second-order valence-corrected chi connectivity index (χ2v) is 5.96. The number of carbonyl (C=O) groups is 2. The maximum atomic E-state index is 12.7. The number of amides is 2. The van der Waals surface area contributed by atoms with Crippen LogP contribution in [0.4, 0.5) is 11.4 Å². The lowest BCUT2D eigenvalue weighted by Gasteiger charge is -2.14. The van der Waals surface area contributed by atoms with Gasteiger partial charge in [0.15, 0.2) is 6.61 Å². The summed E-state index contributed by atoms with van der Waals surface area (Å²) in [5.74, 6) is -1.60. The van der Waals surface area contributed by atoms with Crippen molar-refractivity contribution in [1.29, 1.82) is 5.26 Å². The first kappa shape index (κ1) is 18.9. The lowest BCUT2D eigenvalue weighted by Crippen LogP contribution is -2.35. The molecule has 0 spiro atoms. The SMILES string of the molecule is N#CCOc1c(/C=C2/C(=O)NN(c3ccccc3)C2=O)cc(Cl)cc1[N+](=O)[O-]. The fourth-order valence-electron chi connectivity index (χ4n) is 2.58. The summed E-state index contributed by atoms with van der Waals surface area (Å²) in [6.07, 6.45) is 1.15. The van der Waals surface area contributed by atoms with Crippen molar-refractivity contribution in [3.63, 3.8) is 0 Å². The van der Waals surface area contributed by atoms with Gasteiger partial charge in [0.05, 0.1) is 10.6 Å². The first-order chi connectivity index (χ1) is 13.4. The van der Waals surface area contributed by atoms with Crippen molar-refractivity contribution < 1.29 is 19.2 Å². The fraction of sp³-hybridized carbons (Fsp3) is 0.0556. The van der Waals surface area contributed by atoms with E-state index in [0.29, 0.717) is 5.69 Å². The molecule has 0 radical (unpaired) electrons. The predicted molar refractivity (Wildman–Crippen MR) is 99.3 cm³/mol. The summed E-state index contributed by atoms with van der Waals surface area (Å²) in [6, 6.07) is 12.5. The molecule has 1 saturated heterocycles. The molecule has 140 valence electrons. The molecule has 2 aromatic rings. The average Bonchev–Trinajstić information content (AvgIpc) is 2.95. The van der Waals surface area contributed by atoms with E-state index in [0.717, 1.165) is 17.2 Å². The zero-order valence-electron chi connectivity index (χ0n) is 14.1. The molecule has 9 nitrogen and oxygen atoms in total. The maximum absolute atomic E-state index is 12.7. The van der Waals surface area contributed by atoms with Crippen molar-refractivity contribution in [3.05, 3.63) is 68.7 Å². The monoisotopic (exact) mass is 398 g/mol. The largest absolute Gasteiger partial charge is 0.471 e. The smallest absolute Gasteiger partial charge is 0.313 e. The molecule has 1 aliphatic rings. The fourth-order valence-corrected chi connectivity index (χ4v) is 2.80. The summed E-state index contributed by atoms with van der Waals surface area (Å²) in [4.78, 5) is 35.5. The van der Waals surface area contributed by atoms with Crippen LogP contribution >= 0.6 is 11.6 Å². The minimum Gasteiger partial charge on any atom is -0.471 e. The van der Waals surface area contributed by atoms with E-state index in [9.17, 15) is 19.7 Å². The third kappa shape index (κ3) is 3.62. The van der Waals surface area contributed by atoms with Gasteiger partial charge in [-0.15, -0.1) is 0 Å². The van der Waals surface area contributed by atoms with Crippen LogP contribution in [0.5, 0.6) is 5.75 Å². The number of carbonyl (C=O) groups excluding carboxylic acids is 2. The predicted octanol–water partition coefficient (Wildman–Crippen LogP) is 2.61. The quantitative estimate of drug-likeness (QED) is 0.357. The molecule has 0 atom stereocenters. The van der Waals surface area contributed by atoms with Gasteiger partial charge in [0, 0.05) is 16.7 Å². The molecule has 10 heteroatoms. The summed E-state index contributed by atoms with van der Waals surface area (Å²) in [5.41, 5.74) is 2.15. The normalized spacial score (nSPS) is 14.7. The van der Waals surface area contributed by atoms with E-state index in [-0.39, 0.29) is 21.9 Å². The summed E-state index contributed by atoms with van der Waals surface area (Å²) in [7, 11) is 0. The molecule has 0 aromatic heterocycles. The molecule has 1 fully saturated rings. The molecule has 0 aliphatic carbocycles. The Kier molecular flexibility index (Phi) is 5.24. The lowest BCUT2D eigenvalue weighted by molar-refractivity contribution is -0.385. The molecular weight excluding hydrogens is 388 g/mol. The molecule has 0 saturated carbocycles. The summed E-state index contributed by atoms with van der Waals surface area (Å²) >= 11 is 5.93. The average molecular weight is 399 g/mol. The number of benzene rings is 2. The van der Waals surface area contributed by atoms with Gasteiger partial charge in [-0.25, -0.2) is 5.01 Å². The minimum atomic E-state index is -0.729. The van der Waals surface area contributed by atoms with E-state index in [1.165, 1.54) is 6.07 Å². The van der Waals surface area contributed by atoms with Gasteiger partial charge in [0.2, 0.25) is 5.75 Å². The van der Waals surface area contributed by atoms with E-state index < -0.39 is 29.0 Å².